The molecule has 2 amide bonds. The second-order valence-corrected chi connectivity index (χ2v) is 13.1. The highest BCUT2D eigenvalue weighted by Crippen LogP contribution is 2.38. The molecule has 0 bridgehead atoms. The van der Waals surface area contributed by atoms with E-state index in [1.54, 1.807) is 17.5 Å². The maximum absolute atomic E-state index is 13.3. The van der Waals surface area contributed by atoms with Crippen LogP contribution in [0.2, 0.25) is 0 Å². The second-order valence-electron chi connectivity index (χ2n) is 12.4. The number of thiazole rings is 1. The number of hydrogen-bond donors (Lipinski definition) is 2. The SMILES string of the molecule is COc1cc(-c2ccc3c(c2)Nc2ccc(CCN4CCN(C(=O)OC(C)(C)C)CC4)cc2NC3=O)ccc1OCc1cscn1. The number of methoxy groups -OCH3 is 1. The number of rotatable bonds is 8. The number of nitrogens with zero attached hydrogens (tertiary/aromatic N) is 3. The summed E-state index contributed by atoms with van der Waals surface area (Å²) in [6.07, 6.45) is 0.581. The van der Waals surface area contributed by atoms with E-state index in [0.717, 1.165) is 65.5 Å². The molecule has 3 aromatic carbocycles. The van der Waals surface area contributed by atoms with Crippen LogP contribution in [0.15, 0.2) is 65.5 Å². The quantitative estimate of drug-likeness (QED) is 0.217. The Kier molecular flexibility index (Phi) is 9.14. The largest absolute Gasteiger partial charge is 0.493 e. The van der Waals surface area contributed by atoms with Gasteiger partial charge in [0.05, 0.1) is 40.9 Å². The van der Waals surface area contributed by atoms with Crippen molar-refractivity contribution in [2.45, 2.75) is 39.4 Å². The first-order valence-electron chi connectivity index (χ1n) is 15.4. The molecular formula is C35H39N5O5S. The van der Waals surface area contributed by atoms with E-state index in [1.165, 1.54) is 11.3 Å². The predicted molar refractivity (Wildman–Crippen MR) is 181 cm³/mol. The van der Waals surface area contributed by atoms with Crippen molar-refractivity contribution in [1.29, 1.82) is 0 Å². The molecule has 0 atom stereocenters. The summed E-state index contributed by atoms with van der Waals surface area (Å²) < 4.78 is 17.1. The van der Waals surface area contributed by atoms with E-state index in [4.69, 9.17) is 14.2 Å². The molecule has 0 unspecified atom stereocenters. The Morgan fingerprint density at radius 3 is 2.43 bits per heavy atom. The lowest BCUT2D eigenvalue weighted by Crippen LogP contribution is -2.50. The zero-order chi connectivity index (χ0) is 32.3. The van der Waals surface area contributed by atoms with Crippen molar-refractivity contribution in [3.05, 3.63) is 82.3 Å². The fraction of sp³-hybridized carbons (Fsp3) is 0.343. The Balaban J connectivity index is 1.10. The van der Waals surface area contributed by atoms with Gasteiger partial charge in [-0.05, 0) is 80.3 Å². The zero-order valence-electron chi connectivity index (χ0n) is 26.6. The smallest absolute Gasteiger partial charge is 0.410 e. The summed E-state index contributed by atoms with van der Waals surface area (Å²) in [5, 5.41) is 8.52. The molecule has 0 aliphatic carbocycles. The highest BCUT2D eigenvalue weighted by molar-refractivity contribution is 7.07. The molecule has 240 valence electrons. The van der Waals surface area contributed by atoms with Gasteiger partial charge in [0.1, 0.15) is 12.2 Å². The normalized spacial score (nSPS) is 14.8. The fourth-order valence-electron chi connectivity index (χ4n) is 5.51. The lowest BCUT2D eigenvalue weighted by molar-refractivity contribution is 0.0146. The first kappa shape index (κ1) is 31.4. The van der Waals surface area contributed by atoms with Crippen LogP contribution in [0, 0.1) is 0 Å². The minimum absolute atomic E-state index is 0.161. The van der Waals surface area contributed by atoms with Crippen LogP contribution >= 0.6 is 11.3 Å². The molecule has 2 aliphatic rings. The Hall–Kier alpha value is -4.61. The molecule has 0 spiro atoms. The molecule has 2 aliphatic heterocycles. The van der Waals surface area contributed by atoms with E-state index >= 15 is 0 Å². The van der Waals surface area contributed by atoms with Gasteiger partial charge < -0.3 is 29.7 Å². The van der Waals surface area contributed by atoms with Crippen LogP contribution in [0.5, 0.6) is 11.5 Å². The van der Waals surface area contributed by atoms with E-state index < -0.39 is 5.60 Å². The van der Waals surface area contributed by atoms with Crippen molar-refractivity contribution in [1.82, 2.24) is 14.8 Å². The predicted octanol–water partition coefficient (Wildman–Crippen LogP) is 6.80. The van der Waals surface area contributed by atoms with Gasteiger partial charge in [-0.25, -0.2) is 9.78 Å². The molecule has 6 rings (SSSR count). The minimum atomic E-state index is -0.494. The summed E-state index contributed by atoms with van der Waals surface area (Å²) in [6.45, 7) is 9.79. The number of nitrogens with one attached hydrogen (secondary N) is 2. The zero-order valence-corrected chi connectivity index (χ0v) is 27.4. The molecule has 10 nitrogen and oxygen atoms in total. The monoisotopic (exact) mass is 641 g/mol. The van der Waals surface area contributed by atoms with Gasteiger partial charge in [-0.15, -0.1) is 11.3 Å². The number of carbonyl (C=O) groups is 2. The Morgan fingerprint density at radius 2 is 1.70 bits per heavy atom. The lowest BCUT2D eigenvalue weighted by Gasteiger charge is -2.35. The maximum Gasteiger partial charge on any atom is 0.410 e. The number of aromatic nitrogens is 1. The summed E-state index contributed by atoms with van der Waals surface area (Å²) >= 11 is 1.53. The third-order valence-corrected chi connectivity index (χ3v) is 8.60. The van der Waals surface area contributed by atoms with Gasteiger partial charge in [-0.2, -0.15) is 0 Å². The third kappa shape index (κ3) is 7.43. The topological polar surface area (TPSA) is 105 Å². The fourth-order valence-corrected chi connectivity index (χ4v) is 6.06. The van der Waals surface area contributed by atoms with Gasteiger partial charge in [0.25, 0.3) is 5.91 Å². The highest BCUT2D eigenvalue weighted by Gasteiger charge is 2.26. The van der Waals surface area contributed by atoms with Gasteiger partial charge in [-0.1, -0.05) is 18.2 Å². The summed E-state index contributed by atoms with van der Waals surface area (Å²) in [7, 11) is 1.62. The van der Waals surface area contributed by atoms with E-state index in [-0.39, 0.29) is 12.0 Å². The van der Waals surface area contributed by atoms with Gasteiger partial charge in [-0.3, -0.25) is 9.69 Å². The van der Waals surface area contributed by atoms with Gasteiger partial charge in [0.2, 0.25) is 0 Å². The minimum Gasteiger partial charge on any atom is -0.493 e. The third-order valence-electron chi connectivity index (χ3n) is 7.96. The molecular weight excluding hydrogens is 602 g/mol. The maximum atomic E-state index is 13.3. The van der Waals surface area contributed by atoms with Crippen LogP contribution in [0.25, 0.3) is 11.1 Å². The number of benzene rings is 3. The summed E-state index contributed by atoms with van der Waals surface area (Å²) in [4.78, 5) is 34.1. The number of piperazine rings is 1. The lowest BCUT2D eigenvalue weighted by atomic mass is 10.0. The molecule has 46 heavy (non-hydrogen) atoms. The van der Waals surface area contributed by atoms with Crippen molar-refractivity contribution in [2.24, 2.45) is 0 Å². The van der Waals surface area contributed by atoms with Crippen molar-refractivity contribution < 1.29 is 23.8 Å². The molecule has 11 heteroatoms. The van der Waals surface area contributed by atoms with Crippen LogP contribution in [0.4, 0.5) is 21.9 Å². The van der Waals surface area contributed by atoms with Crippen LogP contribution in [-0.4, -0.2) is 72.2 Å². The Bertz CT molecular complexity index is 1710. The van der Waals surface area contributed by atoms with Gasteiger partial charge in [0.15, 0.2) is 11.5 Å². The molecule has 0 radical (unpaired) electrons. The van der Waals surface area contributed by atoms with E-state index in [1.807, 2.05) is 74.7 Å². The van der Waals surface area contributed by atoms with E-state index in [2.05, 4.69) is 26.6 Å². The van der Waals surface area contributed by atoms with Gasteiger partial charge >= 0.3 is 6.09 Å². The van der Waals surface area contributed by atoms with Gasteiger partial charge in [0, 0.05) is 38.1 Å². The molecule has 1 saturated heterocycles. The first-order valence-corrected chi connectivity index (χ1v) is 16.3. The summed E-state index contributed by atoms with van der Waals surface area (Å²) in [5.41, 5.74) is 8.05. The number of hydrogen-bond acceptors (Lipinski definition) is 9. The first-order chi connectivity index (χ1) is 22.1. The second kappa shape index (κ2) is 13.4. The Labute approximate surface area is 273 Å². The van der Waals surface area contributed by atoms with Crippen LogP contribution < -0.4 is 20.1 Å². The van der Waals surface area contributed by atoms with Crippen molar-refractivity contribution in [3.63, 3.8) is 0 Å². The van der Waals surface area contributed by atoms with Crippen LogP contribution in [0.1, 0.15) is 42.4 Å². The molecule has 4 aromatic rings. The number of amides is 2. The summed E-state index contributed by atoms with van der Waals surface area (Å²) in [5.74, 6) is 1.10. The van der Waals surface area contributed by atoms with Crippen LogP contribution in [-0.2, 0) is 17.8 Å². The standard InChI is InChI=1S/C35H39N5O5S/c1-35(2,3)45-34(42)40-15-13-39(14-16-40)12-11-23-5-9-28-30(17-23)38-33(41)27-8-6-24(18-29(27)37-28)25-7-10-31(32(19-25)43-4)44-20-26-21-46-22-36-26/h5-10,17-19,21-22,37H,11-16,20H2,1-4H3,(H,38,41). The molecule has 3 heterocycles. The highest BCUT2D eigenvalue weighted by atomic mass is 32.1. The Morgan fingerprint density at radius 1 is 0.913 bits per heavy atom. The van der Waals surface area contributed by atoms with Crippen molar-refractivity contribution in [2.75, 3.05) is 50.5 Å². The number of fused-ring (bicyclic) bond motifs is 2. The van der Waals surface area contributed by atoms with Crippen molar-refractivity contribution in [3.8, 4) is 22.6 Å². The number of carbonyl (C=O) groups excluding carboxylic acids is 2. The number of ether oxygens (including phenoxy) is 3. The van der Waals surface area contributed by atoms with E-state index in [0.29, 0.717) is 36.8 Å². The average Bonchev–Trinajstić information content (AvgIpc) is 3.52. The molecule has 0 saturated carbocycles. The van der Waals surface area contributed by atoms with Crippen LogP contribution in [0.3, 0.4) is 0 Å². The number of anilines is 3. The summed E-state index contributed by atoms with van der Waals surface area (Å²) in [6, 6.07) is 17.7. The molecule has 1 aromatic heterocycles. The molecule has 2 N–H and O–H groups in total. The molecule has 1 fully saturated rings. The van der Waals surface area contributed by atoms with Crippen molar-refractivity contribution >= 4 is 40.4 Å². The van der Waals surface area contributed by atoms with E-state index in [9.17, 15) is 9.59 Å². The average molecular weight is 642 g/mol.